The van der Waals surface area contributed by atoms with Gasteiger partial charge in [-0.25, -0.2) is 0 Å². The van der Waals surface area contributed by atoms with Crippen LogP contribution in [0.3, 0.4) is 0 Å². The predicted molar refractivity (Wildman–Crippen MR) is 79.3 cm³/mol. The number of nitrogens with two attached hydrogens (primary N) is 3. The van der Waals surface area contributed by atoms with Crippen molar-refractivity contribution in [1.29, 1.82) is 0 Å². The quantitative estimate of drug-likeness (QED) is 0.276. The summed E-state index contributed by atoms with van der Waals surface area (Å²) in [6.07, 6.45) is -2.12. The van der Waals surface area contributed by atoms with Crippen molar-refractivity contribution in [1.82, 2.24) is 0 Å². The Morgan fingerprint density at radius 1 is 0.483 bits per heavy atom. The monoisotopic (exact) mass is 447 g/mol. The SMILES string of the molecule is N[C@@H](CC(=O)[O-])C(=O)[O-].N[C@@H](CC(=O)[O-])C(=O)[O-].N[C@@H](CC(=O)[O-])C(=O)[O-].[Al+3].[Al+3]. The molecule has 0 bridgehead atoms. The van der Waals surface area contributed by atoms with Crippen LogP contribution in [0.5, 0.6) is 0 Å². The molecule has 6 N–H and O–H groups in total. The zero-order chi connectivity index (χ0) is 22.3. The molecule has 0 aliphatic heterocycles. The molecule has 3 atom stereocenters. The largest absolute Gasteiger partial charge is 3.00 e. The third-order valence-electron chi connectivity index (χ3n) is 2.07. The second kappa shape index (κ2) is 20.5. The second-order valence-electron chi connectivity index (χ2n) is 4.50. The fraction of sp³-hybridized carbons (Fsp3) is 0.500. The topological polar surface area (TPSA) is 319 Å². The Labute approximate surface area is 184 Å². The van der Waals surface area contributed by atoms with E-state index in [1.165, 1.54) is 0 Å². The smallest absolute Gasteiger partial charge is 0.550 e. The van der Waals surface area contributed by atoms with E-state index in [2.05, 4.69) is 0 Å². The molecule has 0 rings (SSSR count). The summed E-state index contributed by atoms with van der Waals surface area (Å²) in [4.78, 5) is 58.0. The van der Waals surface area contributed by atoms with Gasteiger partial charge in [0, 0.05) is 55.3 Å². The molecule has 0 aliphatic carbocycles. The molecule has 0 heterocycles. The summed E-state index contributed by atoms with van der Waals surface area (Å²) in [5.41, 5.74) is 14.2. The van der Waals surface area contributed by atoms with E-state index in [1.807, 2.05) is 0 Å². The predicted octanol–water partition coefficient (Wildman–Crippen LogP) is -12.2. The first-order chi connectivity index (χ1) is 12.1. The maximum absolute atomic E-state index is 9.71. The minimum atomic E-state index is -1.58. The van der Waals surface area contributed by atoms with Crippen LogP contribution in [0.2, 0.25) is 0 Å². The Morgan fingerprint density at radius 2 is 0.621 bits per heavy atom. The Balaban J connectivity index is -0.0000000960. The average Bonchev–Trinajstić information content (AvgIpc) is 2.46. The summed E-state index contributed by atoms with van der Waals surface area (Å²) in [7, 11) is 0. The van der Waals surface area contributed by atoms with Crippen LogP contribution in [0.25, 0.3) is 0 Å². The molecule has 0 spiro atoms. The van der Waals surface area contributed by atoms with E-state index in [0.717, 1.165) is 0 Å². The maximum Gasteiger partial charge on any atom is 3.00 e. The van der Waals surface area contributed by atoms with Crippen LogP contribution in [0, 0.1) is 0 Å². The molecule has 0 aromatic rings. The van der Waals surface area contributed by atoms with E-state index in [1.54, 1.807) is 0 Å². The number of carbonyl (C=O) groups excluding carboxylic acids is 6. The van der Waals surface area contributed by atoms with Gasteiger partial charge in [-0.1, -0.05) is 0 Å². The van der Waals surface area contributed by atoms with Crippen molar-refractivity contribution in [3.05, 3.63) is 0 Å². The fourth-order valence-corrected chi connectivity index (χ4v) is 0.789. The molecule has 0 saturated heterocycles. The van der Waals surface area contributed by atoms with E-state index in [0.29, 0.717) is 0 Å². The Hall–Kier alpha value is -2.24. The summed E-state index contributed by atoms with van der Waals surface area (Å²) in [6, 6.07) is -4.39. The van der Waals surface area contributed by atoms with Gasteiger partial charge >= 0.3 is 34.7 Å². The van der Waals surface area contributed by atoms with Gasteiger partial charge in [0.1, 0.15) is 0 Å². The molecule has 15 nitrogen and oxygen atoms in total. The normalized spacial score (nSPS) is 11.7. The number of aliphatic carboxylic acids is 6. The minimum Gasteiger partial charge on any atom is -0.550 e. The summed E-state index contributed by atoms with van der Waals surface area (Å²) in [5.74, 6) is -9.23. The van der Waals surface area contributed by atoms with Crippen molar-refractivity contribution < 1.29 is 59.4 Å². The van der Waals surface area contributed by atoms with Crippen LogP contribution >= 0.6 is 0 Å². The third kappa shape index (κ3) is 30.7. The van der Waals surface area contributed by atoms with Crippen molar-refractivity contribution in [3.63, 3.8) is 0 Å². The van der Waals surface area contributed by atoms with Crippen LogP contribution in [0.15, 0.2) is 0 Å². The minimum absolute atomic E-state index is 0. The van der Waals surface area contributed by atoms with Crippen LogP contribution in [0.1, 0.15) is 19.3 Å². The van der Waals surface area contributed by atoms with Gasteiger partial charge in [0.25, 0.3) is 0 Å². The molecule has 0 radical (unpaired) electrons. The van der Waals surface area contributed by atoms with Crippen molar-refractivity contribution in [2.24, 2.45) is 17.2 Å². The summed E-state index contributed by atoms with van der Waals surface area (Å²) in [5, 5.41) is 58.0. The van der Waals surface area contributed by atoms with Gasteiger partial charge in [0.15, 0.2) is 0 Å². The average molecular weight is 447 g/mol. The zero-order valence-electron chi connectivity index (χ0n) is 14.6. The molecule has 29 heavy (non-hydrogen) atoms. The molecule has 0 aromatic carbocycles. The van der Waals surface area contributed by atoms with Crippen molar-refractivity contribution >= 4 is 70.5 Å². The third-order valence-corrected chi connectivity index (χ3v) is 2.07. The number of rotatable bonds is 9. The first-order valence-electron chi connectivity index (χ1n) is 6.60. The van der Waals surface area contributed by atoms with E-state index in [9.17, 15) is 59.4 Å². The molecular weight excluding hydrogens is 432 g/mol. The molecular formula is C12H15Al2N3O12. The number of hydrogen-bond donors (Lipinski definition) is 3. The number of hydrogen-bond acceptors (Lipinski definition) is 15. The standard InChI is InChI=1S/3C4H7NO4.2Al/c3*5-2(4(8)9)1-3(6)7;;/h3*2H,1,5H2,(H,6,7)(H,8,9);;/q;;;2*+3/p-6/t3*2-;;/m000../s1. The van der Waals surface area contributed by atoms with Gasteiger partial charge in [0.05, 0.1) is 17.9 Å². The molecule has 17 heteroatoms. The number of carboxylic acid groups (broad SMARTS) is 6. The van der Waals surface area contributed by atoms with Crippen LogP contribution in [-0.4, -0.2) is 88.7 Å². The zero-order valence-corrected chi connectivity index (χ0v) is 16.9. The Kier molecular flexibility index (Phi) is 26.5. The molecule has 0 aliphatic rings. The fourth-order valence-electron chi connectivity index (χ4n) is 0.789. The second-order valence-corrected chi connectivity index (χ2v) is 4.50. The molecule has 156 valence electrons. The molecule has 0 unspecified atom stereocenters. The first-order valence-corrected chi connectivity index (χ1v) is 6.60. The van der Waals surface area contributed by atoms with Crippen LogP contribution in [0.4, 0.5) is 0 Å². The van der Waals surface area contributed by atoms with Gasteiger partial charge in [-0.3, -0.25) is 0 Å². The van der Waals surface area contributed by atoms with Gasteiger partial charge in [0.2, 0.25) is 0 Å². The van der Waals surface area contributed by atoms with E-state index >= 15 is 0 Å². The van der Waals surface area contributed by atoms with Gasteiger partial charge < -0.3 is 76.6 Å². The van der Waals surface area contributed by atoms with Gasteiger partial charge in [-0.05, 0) is 0 Å². The van der Waals surface area contributed by atoms with E-state index < -0.39 is 73.2 Å². The summed E-state index contributed by atoms with van der Waals surface area (Å²) >= 11 is 0. The summed E-state index contributed by atoms with van der Waals surface area (Å²) < 4.78 is 0. The Bertz CT molecular complexity index is 484. The van der Waals surface area contributed by atoms with Crippen molar-refractivity contribution in [2.75, 3.05) is 0 Å². The van der Waals surface area contributed by atoms with Crippen molar-refractivity contribution in [2.45, 2.75) is 37.4 Å². The van der Waals surface area contributed by atoms with Gasteiger partial charge in [-0.2, -0.15) is 0 Å². The molecule has 0 amide bonds. The van der Waals surface area contributed by atoms with Crippen LogP contribution < -0.4 is 47.8 Å². The molecule has 0 fully saturated rings. The van der Waals surface area contributed by atoms with Crippen LogP contribution in [-0.2, 0) is 28.8 Å². The Morgan fingerprint density at radius 3 is 0.655 bits per heavy atom. The van der Waals surface area contributed by atoms with E-state index in [-0.39, 0.29) is 34.7 Å². The maximum atomic E-state index is 9.71. The molecule has 0 saturated carbocycles. The van der Waals surface area contributed by atoms with Crippen molar-refractivity contribution in [3.8, 4) is 0 Å². The first kappa shape index (κ1) is 37.5. The number of carbonyl (C=O) groups is 6. The number of carboxylic acids is 6. The van der Waals surface area contributed by atoms with Gasteiger partial charge in [-0.15, -0.1) is 0 Å². The summed E-state index contributed by atoms with van der Waals surface area (Å²) in [6.45, 7) is 0. The van der Waals surface area contributed by atoms with E-state index in [4.69, 9.17) is 17.2 Å². The molecule has 0 aromatic heterocycles.